The van der Waals surface area contributed by atoms with Crippen LogP contribution in [0, 0.1) is 0 Å². The highest BCUT2D eigenvalue weighted by molar-refractivity contribution is 7.13. The van der Waals surface area contributed by atoms with Gasteiger partial charge in [0.05, 0.1) is 12.2 Å². The van der Waals surface area contributed by atoms with E-state index in [0.717, 1.165) is 23.8 Å². The van der Waals surface area contributed by atoms with Crippen LogP contribution in [-0.2, 0) is 6.54 Å². The normalized spacial score (nSPS) is 11.6. The molecular weight excluding hydrogens is 258 g/mol. The first kappa shape index (κ1) is 15.8. The fourth-order valence-electron chi connectivity index (χ4n) is 1.56. The standard InChI is InChI=1S/C13H25N5S/c1-4-5-6-7-8-15-12(14)16-9-11-10-19-13(17-11)18(2)3/h10H,4-9H2,1-3H3,(H3,14,15,16). The zero-order valence-corrected chi connectivity index (χ0v) is 13.0. The molecule has 5 nitrogen and oxygen atoms in total. The number of aliphatic imine (C=N–C) groups is 1. The third-order valence-corrected chi connectivity index (χ3v) is 3.73. The van der Waals surface area contributed by atoms with Crippen LogP contribution in [0.25, 0.3) is 0 Å². The summed E-state index contributed by atoms with van der Waals surface area (Å²) >= 11 is 1.62. The second-order valence-electron chi connectivity index (χ2n) is 4.70. The molecule has 0 spiro atoms. The number of rotatable bonds is 8. The summed E-state index contributed by atoms with van der Waals surface area (Å²) in [6.45, 7) is 3.65. The van der Waals surface area contributed by atoms with Crippen LogP contribution in [0.1, 0.15) is 38.3 Å². The van der Waals surface area contributed by atoms with Gasteiger partial charge in [0.1, 0.15) is 0 Å². The van der Waals surface area contributed by atoms with Crippen molar-refractivity contribution in [3.63, 3.8) is 0 Å². The van der Waals surface area contributed by atoms with Crippen molar-refractivity contribution in [1.29, 1.82) is 0 Å². The molecule has 6 heteroatoms. The number of nitrogens with two attached hydrogens (primary N) is 1. The number of hydrogen-bond acceptors (Lipinski definition) is 4. The van der Waals surface area contributed by atoms with Gasteiger partial charge in [-0.3, -0.25) is 0 Å². The number of thiazole rings is 1. The maximum absolute atomic E-state index is 5.81. The van der Waals surface area contributed by atoms with E-state index < -0.39 is 0 Å². The fraction of sp³-hybridized carbons (Fsp3) is 0.692. The molecule has 1 heterocycles. The molecule has 0 aliphatic rings. The summed E-state index contributed by atoms with van der Waals surface area (Å²) in [6, 6.07) is 0. The predicted octanol–water partition coefficient (Wildman–Crippen LogP) is 2.19. The van der Waals surface area contributed by atoms with E-state index in [2.05, 4.69) is 22.2 Å². The van der Waals surface area contributed by atoms with Gasteiger partial charge in [0.2, 0.25) is 0 Å². The van der Waals surface area contributed by atoms with Crippen molar-refractivity contribution in [1.82, 2.24) is 10.3 Å². The van der Waals surface area contributed by atoms with Crippen LogP contribution in [-0.4, -0.2) is 31.6 Å². The Morgan fingerprint density at radius 2 is 2.21 bits per heavy atom. The molecule has 0 fully saturated rings. The smallest absolute Gasteiger partial charge is 0.188 e. The molecule has 0 amide bonds. The molecule has 0 radical (unpaired) electrons. The molecule has 1 aromatic heterocycles. The van der Waals surface area contributed by atoms with Crippen molar-refractivity contribution in [2.24, 2.45) is 10.7 Å². The average molecular weight is 283 g/mol. The molecule has 19 heavy (non-hydrogen) atoms. The van der Waals surface area contributed by atoms with Crippen molar-refractivity contribution in [2.45, 2.75) is 39.2 Å². The van der Waals surface area contributed by atoms with Gasteiger partial charge in [-0.15, -0.1) is 11.3 Å². The van der Waals surface area contributed by atoms with E-state index in [1.54, 1.807) is 11.3 Å². The molecule has 0 saturated heterocycles. The number of aromatic nitrogens is 1. The van der Waals surface area contributed by atoms with Gasteiger partial charge in [-0.05, 0) is 6.42 Å². The summed E-state index contributed by atoms with van der Waals surface area (Å²) in [5.41, 5.74) is 6.77. The Morgan fingerprint density at radius 3 is 2.84 bits per heavy atom. The highest BCUT2D eigenvalue weighted by Gasteiger charge is 2.02. The fourth-order valence-corrected chi connectivity index (χ4v) is 2.31. The summed E-state index contributed by atoms with van der Waals surface area (Å²) in [7, 11) is 3.97. The highest BCUT2D eigenvalue weighted by Crippen LogP contribution is 2.18. The zero-order chi connectivity index (χ0) is 14.1. The van der Waals surface area contributed by atoms with Gasteiger partial charge in [-0.1, -0.05) is 26.2 Å². The number of guanidine groups is 1. The van der Waals surface area contributed by atoms with Crippen molar-refractivity contribution in [3.05, 3.63) is 11.1 Å². The number of anilines is 1. The summed E-state index contributed by atoms with van der Waals surface area (Å²) in [6.07, 6.45) is 4.92. The average Bonchev–Trinajstić information content (AvgIpc) is 2.85. The van der Waals surface area contributed by atoms with Crippen molar-refractivity contribution in [3.8, 4) is 0 Å². The van der Waals surface area contributed by atoms with E-state index in [1.807, 2.05) is 24.4 Å². The molecule has 0 atom stereocenters. The minimum absolute atomic E-state index is 0.510. The van der Waals surface area contributed by atoms with E-state index in [9.17, 15) is 0 Å². The molecule has 0 unspecified atom stereocenters. The molecule has 108 valence electrons. The third kappa shape index (κ3) is 6.42. The first-order valence-corrected chi connectivity index (χ1v) is 7.67. The molecule has 1 rings (SSSR count). The summed E-state index contributed by atoms with van der Waals surface area (Å²) in [4.78, 5) is 10.7. The number of nitrogens with zero attached hydrogens (tertiary/aromatic N) is 3. The third-order valence-electron chi connectivity index (χ3n) is 2.67. The molecule has 3 N–H and O–H groups in total. The maximum Gasteiger partial charge on any atom is 0.188 e. The Morgan fingerprint density at radius 1 is 1.42 bits per heavy atom. The van der Waals surface area contributed by atoms with E-state index in [0.29, 0.717) is 12.5 Å². The Balaban J connectivity index is 2.26. The van der Waals surface area contributed by atoms with Crippen molar-refractivity contribution in [2.75, 3.05) is 25.5 Å². The van der Waals surface area contributed by atoms with E-state index in [-0.39, 0.29) is 0 Å². The molecule has 0 aliphatic carbocycles. The largest absolute Gasteiger partial charge is 0.370 e. The monoisotopic (exact) mass is 283 g/mol. The van der Waals surface area contributed by atoms with Gasteiger partial charge in [0.25, 0.3) is 0 Å². The lowest BCUT2D eigenvalue weighted by atomic mass is 10.2. The van der Waals surface area contributed by atoms with Gasteiger partial charge in [-0.2, -0.15) is 0 Å². The minimum Gasteiger partial charge on any atom is -0.370 e. The molecule has 0 aliphatic heterocycles. The lowest BCUT2D eigenvalue weighted by molar-refractivity contribution is 0.652. The second kappa shape index (κ2) is 8.74. The minimum atomic E-state index is 0.510. The van der Waals surface area contributed by atoms with Crippen LogP contribution in [0.3, 0.4) is 0 Å². The van der Waals surface area contributed by atoms with Crippen LogP contribution < -0.4 is 16.0 Å². The van der Waals surface area contributed by atoms with Gasteiger partial charge < -0.3 is 16.0 Å². The van der Waals surface area contributed by atoms with Crippen LogP contribution in [0.4, 0.5) is 5.13 Å². The van der Waals surface area contributed by atoms with Crippen molar-refractivity contribution < 1.29 is 0 Å². The highest BCUT2D eigenvalue weighted by atomic mass is 32.1. The SMILES string of the molecule is CCCCCCNC(N)=NCc1csc(N(C)C)n1. The van der Waals surface area contributed by atoms with Gasteiger partial charge >= 0.3 is 0 Å². The summed E-state index contributed by atoms with van der Waals surface area (Å²) in [5.74, 6) is 0.510. The van der Waals surface area contributed by atoms with Crippen LogP contribution in [0.5, 0.6) is 0 Å². The number of nitrogens with one attached hydrogen (secondary N) is 1. The zero-order valence-electron chi connectivity index (χ0n) is 12.1. The first-order valence-electron chi connectivity index (χ1n) is 6.79. The van der Waals surface area contributed by atoms with Crippen LogP contribution in [0.2, 0.25) is 0 Å². The lowest BCUT2D eigenvalue weighted by Gasteiger charge is -2.05. The first-order chi connectivity index (χ1) is 9.13. The summed E-state index contributed by atoms with van der Waals surface area (Å²) < 4.78 is 0. The molecule has 0 saturated carbocycles. The van der Waals surface area contributed by atoms with E-state index >= 15 is 0 Å². The maximum atomic E-state index is 5.81. The Labute approximate surface area is 119 Å². The van der Waals surface area contributed by atoms with Crippen LogP contribution >= 0.6 is 11.3 Å². The second-order valence-corrected chi connectivity index (χ2v) is 5.54. The quantitative estimate of drug-likeness (QED) is 0.436. The summed E-state index contributed by atoms with van der Waals surface area (Å²) in [5, 5.41) is 6.15. The predicted molar refractivity (Wildman–Crippen MR) is 83.9 cm³/mol. The lowest BCUT2D eigenvalue weighted by Crippen LogP contribution is -2.32. The topological polar surface area (TPSA) is 66.5 Å². The van der Waals surface area contributed by atoms with Crippen LogP contribution in [0.15, 0.2) is 10.4 Å². The Kier molecular flexibility index (Phi) is 7.25. The Hall–Kier alpha value is -1.30. The van der Waals surface area contributed by atoms with E-state index in [4.69, 9.17) is 5.73 Å². The molecule has 0 aromatic carbocycles. The number of hydrogen-bond donors (Lipinski definition) is 2. The molecule has 0 bridgehead atoms. The van der Waals surface area contributed by atoms with E-state index in [1.165, 1.54) is 19.3 Å². The van der Waals surface area contributed by atoms with Gasteiger partial charge in [0.15, 0.2) is 11.1 Å². The molecule has 1 aromatic rings. The van der Waals surface area contributed by atoms with Gasteiger partial charge in [-0.25, -0.2) is 9.98 Å². The van der Waals surface area contributed by atoms with Gasteiger partial charge in [0, 0.05) is 26.0 Å². The van der Waals surface area contributed by atoms with Crippen molar-refractivity contribution >= 4 is 22.4 Å². The molecular formula is C13H25N5S. The Bertz CT molecular complexity index is 386. The number of unbranched alkanes of at least 4 members (excludes halogenated alkanes) is 3.